The molecule has 1 rings (SSSR count). The lowest BCUT2D eigenvalue weighted by Gasteiger charge is -2.43. The highest BCUT2D eigenvalue weighted by atomic mass is 16.6. The number of ether oxygens (including phenoxy) is 4. The van der Waals surface area contributed by atoms with Crippen LogP contribution in [-0.2, 0) is 23.7 Å². The van der Waals surface area contributed by atoms with Crippen molar-refractivity contribution in [1.29, 1.82) is 0 Å². The van der Waals surface area contributed by atoms with E-state index in [2.05, 4.69) is 5.32 Å². The summed E-state index contributed by atoms with van der Waals surface area (Å²) in [6.07, 6.45) is -2.56. The van der Waals surface area contributed by atoms with Crippen LogP contribution in [0.1, 0.15) is 6.92 Å². The molecular formula is C11H21NO6. The van der Waals surface area contributed by atoms with Crippen molar-refractivity contribution >= 4 is 5.91 Å². The van der Waals surface area contributed by atoms with E-state index in [0.29, 0.717) is 0 Å². The largest absolute Gasteiger partial charge is 0.382 e. The Bertz CT molecular complexity index is 274. The molecule has 0 aromatic heterocycles. The Morgan fingerprint density at radius 3 is 2.33 bits per heavy atom. The summed E-state index contributed by atoms with van der Waals surface area (Å²) in [5.41, 5.74) is 0. The number of carbonyl (C=O) groups excluding carboxylic acids is 1. The van der Waals surface area contributed by atoms with E-state index in [1.165, 1.54) is 28.3 Å². The van der Waals surface area contributed by atoms with Gasteiger partial charge in [0.05, 0.1) is 6.61 Å². The van der Waals surface area contributed by atoms with Crippen LogP contribution in [0, 0.1) is 0 Å². The lowest BCUT2D eigenvalue weighted by atomic mass is 9.96. The first-order valence-electron chi connectivity index (χ1n) is 5.70. The summed E-state index contributed by atoms with van der Waals surface area (Å²) in [5, 5.41) is 12.5. The van der Waals surface area contributed by atoms with Gasteiger partial charge in [0.25, 0.3) is 0 Å². The van der Waals surface area contributed by atoms with Gasteiger partial charge in [-0.2, -0.15) is 0 Å². The summed E-state index contributed by atoms with van der Waals surface area (Å²) in [7, 11) is 4.54. The number of nitrogens with one attached hydrogen (secondary N) is 1. The first-order valence-corrected chi connectivity index (χ1v) is 5.70. The molecule has 1 fully saturated rings. The van der Waals surface area contributed by atoms with Crippen LogP contribution in [0.5, 0.6) is 0 Å². The standard InChI is InChI=1S/C11H21NO6/c1-6(13)12-8-10(17-4)9(16-3)7(5-15-2)18-11(8)14/h7-11,14H,5H2,1-4H3,(H,12,13)/t7-,8-,9-,10-,11+/m1/s1. The molecule has 1 aliphatic rings. The molecule has 1 heterocycles. The fourth-order valence-corrected chi connectivity index (χ4v) is 2.17. The maximum Gasteiger partial charge on any atom is 0.217 e. The van der Waals surface area contributed by atoms with Crippen LogP contribution in [0.15, 0.2) is 0 Å². The topological polar surface area (TPSA) is 86.2 Å². The smallest absolute Gasteiger partial charge is 0.217 e. The van der Waals surface area contributed by atoms with Crippen LogP contribution < -0.4 is 5.32 Å². The molecule has 0 bridgehead atoms. The van der Waals surface area contributed by atoms with Gasteiger partial charge in [-0.1, -0.05) is 0 Å². The van der Waals surface area contributed by atoms with Crippen molar-refractivity contribution in [2.75, 3.05) is 27.9 Å². The molecule has 5 atom stereocenters. The highest BCUT2D eigenvalue weighted by Crippen LogP contribution is 2.24. The number of amides is 1. The molecule has 0 aliphatic carbocycles. The molecule has 2 N–H and O–H groups in total. The normalized spacial score (nSPS) is 36.4. The highest BCUT2D eigenvalue weighted by Gasteiger charge is 2.46. The van der Waals surface area contributed by atoms with Gasteiger partial charge >= 0.3 is 0 Å². The summed E-state index contributed by atoms with van der Waals surface area (Å²) >= 11 is 0. The number of aliphatic hydroxyl groups excluding tert-OH is 1. The number of rotatable bonds is 5. The number of hydrogen-bond donors (Lipinski definition) is 2. The van der Waals surface area contributed by atoms with E-state index in [1.54, 1.807) is 0 Å². The molecule has 0 aromatic carbocycles. The van der Waals surface area contributed by atoms with Crippen molar-refractivity contribution in [3.05, 3.63) is 0 Å². The van der Waals surface area contributed by atoms with E-state index < -0.39 is 30.6 Å². The van der Waals surface area contributed by atoms with Gasteiger partial charge in [0.2, 0.25) is 5.91 Å². The van der Waals surface area contributed by atoms with Crippen LogP contribution in [0.2, 0.25) is 0 Å². The van der Waals surface area contributed by atoms with Gasteiger partial charge in [0, 0.05) is 28.3 Å². The van der Waals surface area contributed by atoms with E-state index in [0.717, 1.165) is 0 Å². The summed E-state index contributed by atoms with van der Waals surface area (Å²) < 4.78 is 21.0. The predicted octanol–water partition coefficient (Wildman–Crippen LogP) is -1.12. The average molecular weight is 263 g/mol. The average Bonchev–Trinajstić information content (AvgIpc) is 2.31. The maximum atomic E-state index is 11.1. The van der Waals surface area contributed by atoms with Crippen molar-refractivity contribution in [2.45, 2.75) is 37.6 Å². The Labute approximate surface area is 106 Å². The van der Waals surface area contributed by atoms with Crippen molar-refractivity contribution in [3.8, 4) is 0 Å². The Morgan fingerprint density at radius 1 is 1.28 bits per heavy atom. The quantitative estimate of drug-likeness (QED) is 0.654. The van der Waals surface area contributed by atoms with Crippen molar-refractivity contribution in [2.24, 2.45) is 0 Å². The summed E-state index contributed by atoms with van der Waals surface area (Å²) in [6.45, 7) is 1.63. The van der Waals surface area contributed by atoms with E-state index in [-0.39, 0.29) is 12.5 Å². The second-order valence-corrected chi connectivity index (χ2v) is 4.15. The van der Waals surface area contributed by atoms with Crippen molar-refractivity contribution < 1.29 is 28.8 Å². The van der Waals surface area contributed by atoms with E-state index in [4.69, 9.17) is 18.9 Å². The Hall–Kier alpha value is -0.730. The minimum Gasteiger partial charge on any atom is -0.382 e. The molecular weight excluding hydrogens is 242 g/mol. The van der Waals surface area contributed by atoms with Crippen molar-refractivity contribution in [3.63, 3.8) is 0 Å². The van der Waals surface area contributed by atoms with E-state index >= 15 is 0 Å². The lowest BCUT2D eigenvalue weighted by molar-refractivity contribution is -0.264. The second-order valence-electron chi connectivity index (χ2n) is 4.15. The number of methoxy groups -OCH3 is 3. The van der Waals surface area contributed by atoms with Crippen LogP contribution >= 0.6 is 0 Å². The summed E-state index contributed by atoms with van der Waals surface area (Å²) in [6, 6.07) is -0.675. The second kappa shape index (κ2) is 7.01. The molecule has 0 unspecified atom stereocenters. The van der Waals surface area contributed by atoms with Gasteiger partial charge in [-0.05, 0) is 0 Å². The highest BCUT2D eigenvalue weighted by molar-refractivity contribution is 5.73. The molecule has 0 spiro atoms. The Balaban J connectivity index is 2.85. The number of aliphatic hydroxyl groups is 1. The maximum absolute atomic E-state index is 11.1. The van der Waals surface area contributed by atoms with Gasteiger partial charge in [-0.3, -0.25) is 4.79 Å². The Morgan fingerprint density at radius 2 is 1.89 bits per heavy atom. The van der Waals surface area contributed by atoms with Gasteiger partial charge < -0.3 is 29.4 Å². The lowest BCUT2D eigenvalue weighted by Crippen LogP contribution is -2.65. The fraction of sp³-hybridized carbons (Fsp3) is 0.909. The third-order valence-corrected chi connectivity index (χ3v) is 2.91. The predicted molar refractivity (Wildman–Crippen MR) is 62.0 cm³/mol. The van der Waals surface area contributed by atoms with Gasteiger partial charge in [-0.25, -0.2) is 0 Å². The molecule has 18 heavy (non-hydrogen) atoms. The first-order chi connectivity index (χ1) is 8.54. The summed E-state index contributed by atoms with van der Waals surface area (Å²) in [4.78, 5) is 11.1. The molecule has 0 aromatic rings. The molecule has 1 amide bonds. The zero-order valence-electron chi connectivity index (χ0n) is 11.1. The third-order valence-electron chi connectivity index (χ3n) is 2.91. The summed E-state index contributed by atoms with van der Waals surface area (Å²) in [5.74, 6) is -0.273. The molecule has 0 saturated carbocycles. The molecule has 0 radical (unpaired) electrons. The monoisotopic (exact) mass is 263 g/mol. The van der Waals surface area contributed by atoms with E-state index in [1.807, 2.05) is 0 Å². The van der Waals surface area contributed by atoms with Crippen LogP contribution in [0.3, 0.4) is 0 Å². The van der Waals surface area contributed by atoms with Crippen LogP contribution in [0.4, 0.5) is 0 Å². The fourth-order valence-electron chi connectivity index (χ4n) is 2.17. The number of carbonyl (C=O) groups is 1. The van der Waals surface area contributed by atoms with E-state index in [9.17, 15) is 9.90 Å². The minimum atomic E-state index is -1.16. The van der Waals surface area contributed by atoms with Crippen LogP contribution in [-0.4, -0.2) is 69.6 Å². The SMILES string of the molecule is COC[C@H]1O[C@H](O)[C@H](NC(C)=O)[C@@H](OC)[C@@H]1OC. The number of hydrogen-bond acceptors (Lipinski definition) is 6. The zero-order chi connectivity index (χ0) is 13.7. The zero-order valence-corrected chi connectivity index (χ0v) is 11.1. The van der Waals surface area contributed by atoms with Gasteiger partial charge in [-0.15, -0.1) is 0 Å². The molecule has 1 aliphatic heterocycles. The minimum absolute atomic E-state index is 0.266. The molecule has 7 nitrogen and oxygen atoms in total. The molecule has 106 valence electrons. The van der Waals surface area contributed by atoms with Crippen LogP contribution in [0.25, 0.3) is 0 Å². The molecule has 1 saturated heterocycles. The van der Waals surface area contributed by atoms with Gasteiger partial charge in [0.15, 0.2) is 6.29 Å². The Kier molecular flexibility index (Phi) is 5.97. The first kappa shape index (κ1) is 15.3. The molecule has 7 heteroatoms. The third kappa shape index (κ3) is 3.39. The van der Waals surface area contributed by atoms with Crippen molar-refractivity contribution in [1.82, 2.24) is 5.32 Å². The van der Waals surface area contributed by atoms with Gasteiger partial charge in [0.1, 0.15) is 24.4 Å².